The van der Waals surface area contributed by atoms with Crippen LogP contribution in [0.3, 0.4) is 0 Å². The lowest BCUT2D eigenvalue weighted by molar-refractivity contribution is 0.417. The molecule has 0 aromatic heterocycles. The van der Waals surface area contributed by atoms with Gasteiger partial charge in [-0.1, -0.05) is 25.5 Å². The molecule has 2 N–H and O–H groups in total. The van der Waals surface area contributed by atoms with E-state index in [4.69, 9.17) is 4.74 Å². The lowest BCUT2D eigenvalue weighted by Crippen LogP contribution is -2.14. The zero-order chi connectivity index (χ0) is 19.4. The fourth-order valence-electron chi connectivity index (χ4n) is 2.38. The molecule has 0 amide bonds. The molecule has 0 spiro atoms. The van der Waals surface area contributed by atoms with Crippen LogP contribution < -0.4 is 14.2 Å². The summed E-state index contributed by atoms with van der Waals surface area (Å²) in [5.74, 6) is 0.203. The van der Waals surface area contributed by atoms with Crippen molar-refractivity contribution in [2.45, 2.75) is 24.7 Å². The summed E-state index contributed by atoms with van der Waals surface area (Å²) in [6, 6.07) is 11.0. The molecule has 0 bridgehead atoms. The molecule has 0 fully saturated rings. The number of benzene rings is 2. The quantitative estimate of drug-likeness (QED) is 0.712. The van der Waals surface area contributed by atoms with Crippen molar-refractivity contribution in [3.05, 3.63) is 48.0 Å². The Hall–Kier alpha value is -2.26. The van der Waals surface area contributed by atoms with Crippen LogP contribution in [0.5, 0.6) is 5.75 Å². The van der Waals surface area contributed by atoms with E-state index < -0.39 is 20.0 Å². The van der Waals surface area contributed by atoms with Crippen LogP contribution in [0.1, 0.15) is 18.9 Å². The van der Waals surface area contributed by atoms with Gasteiger partial charge in [0.25, 0.3) is 10.0 Å². The fraction of sp³-hybridized carbons (Fsp3) is 0.294. The summed E-state index contributed by atoms with van der Waals surface area (Å²) < 4.78 is 57.7. The summed E-state index contributed by atoms with van der Waals surface area (Å²) in [6.45, 7) is 2.06. The standard InChI is InChI=1S/C17H22N2O5S2/c1-4-5-13-6-9-15(10-7-13)26(22,23)18-14-8-11-16(17(12-14)24-2)19-25(3,20)21/h6-12,18-19H,4-5H2,1-3H3. The minimum absolute atomic E-state index is 0.148. The Bertz CT molecular complexity index is 969. The smallest absolute Gasteiger partial charge is 0.261 e. The number of aryl methyl sites for hydroxylation is 1. The van der Waals surface area contributed by atoms with Crippen molar-refractivity contribution < 1.29 is 21.6 Å². The molecule has 2 aromatic carbocycles. The van der Waals surface area contributed by atoms with Crippen molar-refractivity contribution >= 4 is 31.4 Å². The van der Waals surface area contributed by atoms with E-state index >= 15 is 0 Å². The molecule has 7 nitrogen and oxygen atoms in total. The molecule has 0 radical (unpaired) electrons. The molecule has 0 heterocycles. The Morgan fingerprint density at radius 3 is 2.15 bits per heavy atom. The Morgan fingerprint density at radius 2 is 1.62 bits per heavy atom. The van der Waals surface area contributed by atoms with Crippen molar-refractivity contribution in [1.82, 2.24) is 0 Å². The number of sulfonamides is 2. The average Bonchev–Trinajstić information content (AvgIpc) is 2.55. The molecule has 0 aliphatic rings. The highest BCUT2D eigenvalue weighted by Crippen LogP contribution is 2.29. The first kappa shape index (κ1) is 20.1. The first-order chi connectivity index (χ1) is 12.1. The molecule has 0 unspecified atom stereocenters. The van der Waals surface area contributed by atoms with Gasteiger partial charge in [-0.3, -0.25) is 9.44 Å². The van der Waals surface area contributed by atoms with Gasteiger partial charge in [0.15, 0.2) is 0 Å². The molecule has 2 rings (SSSR count). The average molecular weight is 399 g/mol. The van der Waals surface area contributed by atoms with Crippen LogP contribution in [0.4, 0.5) is 11.4 Å². The monoisotopic (exact) mass is 398 g/mol. The van der Waals surface area contributed by atoms with Crippen LogP contribution >= 0.6 is 0 Å². The largest absolute Gasteiger partial charge is 0.494 e. The maximum atomic E-state index is 12.5. The van der Waals surface area contributed by atoms with Gasteiger partial charge in [-0.25, -0.2) is 16.8 Å². The van der Waals surface area contributed by atoms with Gasteiger partial charge in [0, 0.05) is 6.07 Å². The number of anilines is 2. The summed E-state index contributed by atoms with van der Waals surface area (Å²) in [7, 11) is -5.87. The number of hydrogen-bond acceptors (Lipinski definition) is 5. The molecule has 2 aromatic rings. The summed E-state index contributed by atoms with van der Waals surface area (Å²) >= 11 is 0. The summed E-state index contributed by atoms with van der Waals surface area (Å²) in [4.78, 5) is 0.148. The van der Waals surface area contributed by atoms with Crippen molar-refractivity contribution in [2.24, 2.45) is 0 Å². The zero-order valence-electron chi connectivity index (χ0n) is 14.8. The third kappa shape index (κ3) is 5.37. The van der Waals surface area contributed by atoms with Gasteiger partial charge in [-0.15, -0.1) is 0 Å². The van der Waals surface area contributed by atoms with E-state index in [1.54, 1.807) is 24.3 Å². The van der Waals surface area contributed by atoms with Gasteiger partial charge in [-0.05, 0) is 36.2 Å². The second-order valence-electron chi connectivity index (χ2n) is 5.79. The third-order valence-electron chi connectivity index (χ3n) is 3.52. The van der Waals surface area contributed by atoms with Gasteiger partial charge < -0.3 is 4.74 Å². The fourth-order valence-corrected chi connectivity index (χ4v) is 3.99. The number of methoxy groups -OCH3 is 1. The first-order valence-electron chi connectivity index (χ1n) is 7.92. The van der Waals surface area contributed by atoms with Crippen LogP contribution in [0, 0.1) is 0 Å². The normalized spacial score (nSPS) is 11.8. The van der Waals surface area contributed by atoms with Gasteiger partial charge in [0.05, 0.1) is 29.6 Å². The number of nitrogens with one attached hydrogen (secondary N) is 2. The van der Waals surface area contributed by atoms with Crippen molar-refractivity contribution in [3.63, 3.8) is 0 Å². The molecule has 142 valence electrons. The summed E-state index contributed by atoms with van der Waals surface area (Å²) in [5, 5.41) is 0. The number of ether oxygens (including phenoxy) is 1. The van der Waals surface area contributed by atoms with Crippen molar-refractivity contribution in [2.75, 3.05) is 22.8 Å². The van der Waals surface area contributed by atoms with E-state index in [1.165, 1.54) is 25.3 Å². The minimum atomic E-state index is -3.76. The topological polar surface area (TPSA) is 102 Å². The highest BCUT2D eigenvalue weighted by molar-refractivity contribution is 7.92. The molecule has 0 aliphatic carbocycles. The Balaban J connectivity index is 2.26. The molecule has 26 heavy (non-hydrogen) atoms. The molecular weight excluding hydrogens is 376 g/mol. The van der Waals surface area contributed by atoms with Crippen molar-refractivity contribution in [1.29, 1.82) is 0 Å². The number of rotatable bonds is 8. The van der Waals surface area contributed by atoms with Crippen LogP contribution in [-0.2, 0) is 26.5 Å². The first-order valence-corrected chi connectivity index (χ1v) is 11.3. The van der Waals surface area contributed by atoms with E-state index in [9.17, 15) is 16.8 Å². The predicted molar refractivity (Wildman–Crippen MR) is 103 cm³/mol. The molecule has 0 saturated carbocycles. The van der Waals surface area contributed by atoms with E-state index in [0.717, 1.165) is 24.7 Å². The molecule has 0 atom stereocenters. The van der Waals surface area contributed by atoms with E-state index in [1.807, 2.05) is 0 Å². The van der Waals surface area contributed by atoms with E-state index in [0.29, 0.717) is 0 Å². The second-order valence-corrected chi connectivity index (χ2v) is 9.22. The van der Waals surface area contributed by atoms with Crippen molar-refractivity contribution in [3.8, 4) is 5.75 Å². The summed E-state index contributed by atoms with van der Waals surface area (Å²) in [6.07, 6.45) is 2.89. The van der Waals surface area contributed by atoms with Crippen LogP contribution in [-0.4, -0.2) is 30.2 Å². The Morgan fingerprint density at radius 1 is 0.962 bits per heavy atom. The second kappa shape index (κ2) is 7.96. The number of hydrogen-bond donors (Lipinski definition) is 2. The van der Waals surface area contributed by atoms with Crippen LogP contribution in [0.15, 0.2) is 47.4 Å². The SMILES string of the molecule is CCCc1ccc(S(=O)(=O)Nc2ccc(NS(C)(=O)=O)c(OC)c2)cc1. The van der Waals surface area contributed by atoms with Gasteiger partial charge in [0.2, 0.25) is 10.0 Å². The third-order valence-corrected chi connectivity index (χ3v) is 5.51. The molecular formula is C17H22N2O5S2. The summed E-state index contributed by atoms with van der Waals surface area (Å²) in [5.41, 5.74) is 1.56. The van der Waals surface area contributed by atoms with E-state index in [2.05, 4.69) is 16.4 Å². The maximum Gasteiger partial charge on any atom is 0.261 e. The molecule has 0 aliphatic heterocycles. The molecule has 9 heteroatoms. The van der Waals surface area contributed by atoms with Crippen LogP contribution in [0.25, 0.3) is 0 Å². The lowest BCUT2D eigenvalue weighted by atomic mass is 10.1. The van der Waals surface area contributed by atoms with Gasteiger partial charge in [-0.2, -0.15) is 0 Å². The van der Waals surface area contributed by atoms with Gasteiger partial charge in [0.1, 0.15) is 5.75 Å². The maximum absolute atomic E-state index is 12.5. The molecule has 0 saturated heterocycles. The highest BCUT2D eigenvalue weighted by Gasteiger charge is 2.16. The predicted octanol–water partition coefficient (Wildman–Crippen LogP) is 2.82. The van der Waals surface area contributed by atoms with Gasteiger partial charge >= 0.3 is 0 Å². The lowest BCUT2D eigenvalue weighted by Gasteiger charge is -2.13. The van der Waals surface area contributed by atoms with Crippen LogP contribution in [0.2, 0.25) is 0 Å². The minimum Gasteiger partial charge on any atom is -0.494 e. The Labute approximate surface area is 154 Å². The van der Waals surface area contributed by atoms with E-state index in [-0.39, 0.29) is 22.0 Å². The highest BCUT2D eigenvalue weighted by atomic mass is 32.2. The zero-order valence-corrected chi connectivity index (χ0v) is 16.4. The Kier molecular flexibility index (Phi) is 6.14.